The zero-order valence-electron chi connectivity index (χ0n) is 16.9. The number of aromatic nitrogens is 1. The number of anilines is 1. The number of amides is 1. The molecule has 1 aromatic heterocycles. The van der Waals surface area contributed by atoms with Gasteiger partial charge in [0.15, 0.2) is 0 Å². The van der Waals surface area contributed by atoms with Gasteiger partial charge in [0, 0.05) is 41.8 Å². The first kappa shape index (κ1) is 19.2. The number of rotatable bonds is 7. The van der Waals surface area contributed by atoms with E-state index in [2.05, 4.69) is 15.6 Å². The standard InChI is InChI=1S/C24H30ClN3O/c25-19-2-3-20-21(4-7-27-22(20)11-19)26-5-1-6-28-23(29)15-24-12-16-8-17(13-24)10-18(9-16)14-24/h2-4,7,11,16-18H,1,5-6,8-10,12-15H2,(H,26,27)(H,28,29). The van der Waals surface area contributed by atoms with Gasteiger partial charge in [0.2, 0.25) is 5.91 Å². The van der Waals surface area contributed by atoms with Crippen LogP contribution in [0.1, 0.15) is 51.4 Å². The van der Waals surface area contributed by atoms with E-state index in [1.165, 1.54) is 38.5 Å². The van der Waals surface area contributed by atoms with E-state index < -0.39 is 0 Å². The van der Waals surface area contributed by atoms with Crippen LogP contribution in [-0.4, -0.2) is 24.0 Å². The van der Waals surface area contributed by atoms with Crippen LogP contribution in [0.4, 0.5) is 5.69 Å². The van der Waals surface area contributed by atoms with Gasteiger partial charge in [-0.25, -0.2) is 0 Å². The molecule has 4 nitrogen and oxygen atoms in total. The van der Waals surface area contributed by atoms with Crippen molar-refractivity contribution in [3.05, 3.63) is 35.5 Å². The first-order valence-electron chi connectivity index (χ1n) is 11.1. The SMILES string of the molecule is O=C(CC12CC3CC(CC(C3)C1)C2)NCCCNc1ccnc2cc(Cl)ccc12. The molecule has 0 aliphatic heterocycles. The fourth-order valence-corrected chi connectivity index (χ4v) is 6.89. The van der Waals surface area contributed by atoms with E-state index in [1.807, 2.05) is 24.3 Å². The lowest BCUT2D eigenvalue weighted by atomic mass is 9.49. The number of nitrogens with zero attached hydrogens (tertiary/aromatic N) is 1. The highest BCUT2D eigenvalue weighted by Gasteiger charge is 2.51. The summed E-state index contributed by atoms with van der Waals surface area (Å²) in [7, 11) is 0. The Morgan fingerprint density at radius 3 is 2.52 bits per heavy atom. The molecule has 0 atom stereocenters. The minimum Gasteiger partial charge on any atom is -0.384 e. The van der Waals surface area contributed by atoms with Gasteiger partial charge in [0.25, 0.3) is 0 Å². The van der Waals surface area contributed by atoms with Crippen molar-refractivity contribution in [2.24, 2.45) is 23.2 Å². The molecule has 0 spiro atoms. The van der Waals surface area contributed by atoms with Crippen molar-refractivity contribution in [2.75, 3.05) is 18.4 Å². The van der Waals surface area contributed by atoms with Gasteiger partial charge >= 0.3 is 0 Å². The Morgan fingerprint density at radius 1 is 1.07 bits per heavy atom. The Balaban J connectivity index is 1.08. The zero-order chi connectivity index (χ0) is 19.8. The van der Waals surface area contributed by atoms with Gasteiger partial charge in [-0.3, -0.25) is 9.78 Å². The molecule has 154 valence electrons. The molecule has 4 bridgehead atoms. The molecule has 4 fully saturated rings. The lowest BCUT2D eigenvalue weighted by molar-refractivity contribution is -0.129. The first-order chi connectivity index (χ1) is 14.1. The molecule has 1 amide bonds. The fourth-order valence-electron chi connectivity index (χ4n) is 6.72. The minimum atomic E-state index is 0.260. The van der Waals surface area contributed by atoms with Gasteiger partial charge in [0.1, 0.15) is 0 Å². The molecule has 1 heterocycles. The molecule has 4 aliphatic carbocycles. The summed E-state index contributed by atoms with van der Waals surface area (Å²) in [6, 6.07) is 7.76. The lowest BCUT2D eigenvalue weighted by Gasteiger charge is -2.56. The van der Waals surface area contributed by atoms with Gasteiger partial charge in [0.05, 0.1) is 5.52 Å². The van der Waals surface area contributed by atoms with Crippen LogP contribution in [0.2, 0.25) is 5.02 Å². The topological polar surface area (TPSA) is 54.0 Å². The molecule has 4 aliphatic rings. The second-order valence-corrected chi connectivity index (χ2v) is 10.2. The average molecular weight is 412 g/mol. The van der Waals surface area contributed by atoms with Crippen LogP contribution >= 0.6 is 11.6 Å². The maximum atomic E-state index is 12.6. The Morgan fingerprint density at radius 2 is 1.79 bits per heavy atom. The molecule has 0 radical (unpaired) electrons. The van der Waals surface area contributed by atoms with Crippen molar-refractivity contribution in [3.8, 4) is 0 Å². The highest BCUT2D eigenvalue weighted by molar-refractivity contribution is 6.31. The highest BCUT2D eigenvalue weighted by atomic mass is 35.5. The second kappa shape index (κ2) is 7.79. The molecule has 4 saturated carbocycles. The zero-order valence-corrected chi connectivity index (χ0v) is 17.7. The van der Waals surface area contributed by atoms with Crippen molar-refractivity contribution < 1.29 is 4.79 Å². The average Bonchev–Trinajstić information content (AvgIpc) is 2.66. The third kappa shape index (κ3) is 4.09. The van der Waals surface area contributed by atoms with E-state index in [-0.39, 0.29) is 5.91 Å². The van der Waals surface area contributed by atoms with E-state index >= 15 is 0 Å². The number of carbonyl (C=O) groups is 1. The summed E-state index contributed by atoms with van der Waals surface area (Å²) < 4.78 is 0. The summed E-state index contributed by atoms with van der Waals surface area (Å²) >= 11 is 6.06. The van der Waals surface area contributed by atoms with E-state index in [9.17, 15) is 4.79 Å². The summed E-state index contributed by atoms with van der Waals surface area (Å²) in [4.78, 5) is 17.0. The predicted octanol–water partition coefficient (Wildman–Crippen LogP) is 5.41. The second-order valence-electron chi connectivity index (χ2n) is 9.74. The number of pyridine rings is 1. The van der Waals surface area contributed by atoms with Crippen molar-refractivity contribution in [2.45, 2.75) is 51.4 Å². The Labute approximate surface area is 177 Å². The van der Waals surface area contributed by atoms with Gasteiger partial charge in [-0.15, -0.1) is 0 Å². The Hall–Kier alpha value is -1.81. The van der Waals surface area contributed by atoms with Crippen LogP contribution in [0, 0.1) is 23.2 Å². The van der Waals surface area contributed by atoms with Gasteiger partial charge in [-0.1, -0.05) is 11.6 Å². The Bertz CT molecular complexity index is 877. The number of benzene rings is 1. The normalized spacial score (nSPS) is 29.9. The van der Waals surface area contributed by atoms with Crippen molar-refractivity contribution >= 4 is 34.1 Å². The lowest BCUT2D eigenvalue weighted by Crippen LogP contribution is -2.48. The third-order valence-corrected chi connectivity index (χ3v) is 7.63. The maximum absolute atomic E-state index is 12.6. The fraction of sp³-hybridized carbons (Fsp3) is 0.583. The number of hydrogen-bond acceptors (Lipinski definition) is 3. The van der Waals surface area contributed by atoms with Crippen LogP contribution in [0.5, 0.6) is 0 Å². The maximum Gasteiger partial charge on any atom is 0.220 e. The molecular formula is C24H30ClN3O. The molecule has 0 saturated heterocycles. The Kier molecular flexibility index (Phi) is 5.15. The smallest absolute Gasteiger partial charge is 0.220 e. The van der Waals surface area contributed by atoms with E-state index in [4.69, 9.17) is 11.6 Å². The largest absolute Gasteiger partial charge is 0.384 e. The number of nitrogens with one attached hydrogen (secondary N) is 2. The summed E-state index contributed by atoms with van der Waals surface area (Å²) in [5, 5.41) is 8.42. The quantitative estimate of drug-likeness (QED) is 0.598. The molecule has 29 heavy (non-hydrogen) atoms. The minimum absolute atomic E-state index is 0.260. The van der Waals surface area contributed by atoms with Gasteiger partial charge < -0.3 is 10.6 Å². The molecule has 5 heteroatoms. The van der Waals surface area contributed by atoms with Crippen molar-refractivity contribution in [3.63, 3.8) is 0 Å². The van der Waals surface area contributed by atoms with Crippen molar-refractivity contribution in [1.29, 1.82) is 0 Å². The molecule has 0 unspecified atom stereocenters. The molecule has 1 aromatic carbocycles. The molecule has 2 N–H and O–H groups in total. The van der Waals surface area contributed by atoms with E-state index in [0.29, 0.717) is 10.4 Å². The number of carbonyl (C=O) groups excluding carboxylic acids is 1. The predicted molar refractivity (Wildman–Crippen MR) is 118 cm³/mol. The van der Waals surface area contributed by atoms with Crippen LogP contribution < -0.4 is 10.6 Å². The monoisotopic (exact) mass is 411 g/mol. The van der Waals surface area contributed by atoms with Crippen LogP contribution in [0.15, 0.2) is 30.5 Å². The third-order valence-electron chi connectivity index (χ3n) is 7.40. The number of hydrogen-bond donors (Lipinski definition) is 2. The molecule has 2 aromatic rings. The van der Waals surface area contributed by atoms with E-state index in [1.54, 1.807) is 6.20 Å². The summed E-state index contributed by atoms with van der Waals surface area (Å²) in [5.74, 6) is 2.98. The van der Waals surface area contributed by atoms with Gasteiger partial charge in [-0.05, 0) is 92.4 Å². The summed E-state index contributed by atoms with van der Waals surface area (Å²) in [6.07, 6.45) is 11.7. The molecular weight excluding hydrogens is 382 g/mol. The molecule has 6 rings (SSSR count). The summed E-state index contributed by atoms with van der Waals surface area (Å²) in [5.41, 5.74) is 2.28. The van der Waals surface area contributed by atoms with Crippen LogP contribution in [0.25, 0.3) is 10.9 Å². The van der Waals surface area contributed by atoms with Crippen molar-refractivity contribution in [1.82, 2.24) is 10.3 Å². The highest BCUT2D eigenvalue weighted by Crippen LogP contribution is 2.61. The van der Waals surface area contributed by atoms with Crippen LogP contribution in [-0.2, 0) is 4.79 Å². The number of fused-ring (bicyclic) bond motifs is 1. The summed E-state index contributed by atoms with van der Waals surface area (Å²) in [6.45, 7) is 1.55. The number of halogens is 1. The van der Waals surface area contributed by atoms with E-state index in [0.717, 1.165) is 60.3 Å². The van der Waals surface area contributed by atoms with Gasteiger partial charge in [-0.2, -0.15) is 0 Å². The van der Waals surface area contributed by atoms with Crippen LogP contribution in [0.3, 0.4) is 0 Å². The first-order valence-corrected chi connectivity index (χ1v) is 11.5.